The highest BCUT2D eigenvalue weighted by molar-refractivity contribution is 6.35. The largest absolute Gasteiger partial charge is 0.489 e. The zero-order valence-electron chi connectivity index (χ0n) is 14.1. The van der Waals surface area contributed by atoms with E-state index in [9.17, 15) is 0 Å². The van der Waals surface area contributed by atoms with Gasteiger partial charge in [-0.15, -0.1) is 12.4 Å². The van der Waals surface area contributed by atoms with Crippen molar-refractivity contribution in [2.45, 2.75) is 51.3 Å². The maximum absolute atomic E-state index is 6.19. The van der Waals surface area contributed by atoms with Crippen molar-refractivity contribution in [2.24, 2.45) is 0 Å². The topological polar surface area (TPSA) is 21.3 Å². The summed E-state index contributed by atoms with van der Waals surface area (Å²) < 4.78 is 5.89. The lowest BCUT2D eigenvalue weighted by Gasteiger charge is -2.23. The molecule has 1 saturated carbocycles. The van der Waals surface area contributed by atoms with Gasteiger partial charge >= 0.3 is 0 Å². The lowest BCUT2D eigenvalue weighted by molar-refractivity contribution is 0.305. The number of nitrogens with one attached hydrogen (secondary N) is 1. The summed E-state index contributed by atoms with van der Waals surface area (Å²) >= 11 is 12.1. The Kier molecular flexibility index (Phi) is 8.38. The van der Waals surface area contributed by atoms with Crippen molar-refractivity contribution in [3.63, 3.8) is 0 Å². The fourth-order valence-corrected chi connectivity index (χ4v) is 3.58. The summed E-state index contributed by atoms with van der Waals surface area (Å²) in [6.07, 6.45) is 6.68. The molecular formula is C20H24Cl3NO. The van der Waals surface area contributed by atoms with E-state index in [0.717, 1.165) is 17.9 Å². The Morgan fingerprint density at radius 1 is 1.00 bits per heavy atom. The van der Waals surface area contributed by atoms with Crippen molar-refractivity contribution < 1.29 is 4.74 Å². The Labute approximate surface area is 166 Å². The first-order valence-electron chi connectivity index (χ1n) is 8.60. The summed E-state index contributed by atoms with van der Waals surface area (Å²) in [5.74, 6) is 0.865. The average Bonchev–Trinajstić information content (AvgIpc) is 2.60. The monoisotopic (exact) mass is 399 g/mol. The Balaban J connectivity index is 0.00000225. The predicted octanol–water partition coefficient (Wildman–Crippen LogP) is 6.42. The summed E-state index contributed by atoms with van der Waals surface area (Å²) in [6, 6.07) is 14.4. The van der Waals surface area contributed by atoms with Crippen LogP contribution in [0.15, 0.2) is 42.5 Å². The smallest absolute Gasteiger partial charge is 0.120 e. The molecule has 0 spiro atoms. The van der Waals surface area contributed by atoms with Crippen LogP contribution in [0.1, 0.15) is 43.2 Å². The van der Waals surface area contributed by atoms with Gasteiger partial charge in [-0.2, -0.15) is 0 Å². The maximum atomic E-state index is 6.19. The van der Waals surface area contributed by atoms with Gasteiger partial charge in [-0.1, -0.05) is 60.7 Å². The zero-order valence-corrected chi connectivity index (χ0v) is 16.5. The lowest BCUT2D eigenvalue weighted by Crippen LogP contribution is -2.30. The number of rotatable bonds is 6. The van der Waals surface area contributed by atoms with Gasteiger partial charge in [0.05, 0.1) is 0 Å². The van der Waals surface area contributed by atoms with Crippen molar-refractivity contribution >= 4 is 35.6 Å². The first kappa shape index (κ1) is 20.4. The summed E-state index contributed by atoms with van der Waals surface area (Å²) in [5, 5.41) is 4.94. The van der Waals surface area contributed by atoms with E-state index in [0.29, 0.717) is 22.7 Å². The molecule has 25 heavy (non-hydrogen) atoms. The van der Waals surface area contributed by atoms with Crippen LogP contribution in [0.3, 0.4) is 0 Å². The standard InChI is InChI=1S/C20H23Cl2NO.ClH/c21-17-10-9-16(20(22)12-17)14-24-19-8-4-5-15(11-19)13-23-18-6-2-1-3-7-18;/h4-5,8-12,18,23H,1-3,6-7,13-14H2;1H. The molecular weight excluding hydrogens is 377 g/mol. The van der Waals surface area contributed by atoms with Gasteiger partial charge in [-0.25, -0.2) is 0 Å². The SMILES string of the molecule is Cl.Clc1ccc(COc2cccc(CNC3CCCCC3)c2)c(Cl)c1. The van der Waals surface area contributed by atoms with Crippen LogP contribution in [0.2, 0.25) is 10.0 Å². The molecule has 0 amide bonds. The molecule has 2 aromatic carbocycles. The number of hydrogen-bond acceptors (Lipinski definition) is 2. The normalized spacial score (nSPS) is 14.8. The molecule has 0 heterocycles. The molecule has 0 aromatic heterocycles. The molecule has 0 aliphatic heterocycles. The summed E-state index contributed by atoms with van der Waals surface area (Å²) in [6.45, 7) is 1.33. The molecule has 1 N–H and O–H groups in total. The van der Waals surface area contributed by atoms with E-state index in [2.05, 4.69) is 17.4 Å². The molecule has 0 atom stereocenters. The van der Waals surface area contributed by atoms with E-state index < -0.39 is 0 Å². The molecule has 0 radical (unpaired) electrons. The van der Waals surface area contributed by atoms with E-state index in [4.69, 9.17) is 27.9 Å². The van der Waals surface area contributed by atoms with Crippen LogP contribution >= 0.6 is 35.6 Å². The van der Waals surface area contributed by atoms with Crippen LogP contribution in [0, 0.1) is 0 Å². The van der Waals surface area contributed by atoms with Gasteiger partial charge < -0.3 is 10.1 Å². The van der Waals surface area contributed by atoms with Gasteiger partial charge in [0.2, 0.25) is 0 Å². The summed E-state index contributed by atoms with van der Waals surface area (Å²) in [7, 11) is 0. The second kappa shape index (κ2) is 10.3. The molecule has 136 valence electrons. The molecule has 0 saturated heterocycles. The molecule has 1 fully saturated rings. The third kappa shape index (κ3) is 6.38. The Hall–Kier alpha value is -0.930. The predicted molar refractivity (Wildman–Crippen MR) is 108 cm³/mol. The van der Waals surface area contributed by atoms with Crippen molar-refractivity contribution in [3.8, 4) is 5.75 Å². The maximum Gasteiger partial charge on any atom is 0.120 e. The van der Waals surface area contributed by atoms with Crippen LogP contribution in [-0.4, -0.2) is 6.04 Å². The Bertz CT molecular complexity index is 672. The number of hydrogen-bond donors (Lipinski definition) is 1. The number of halogens is 3. The fraction of sp³-hybridized carbons (Fsp3) is 0.400. The summed E-state index contributed by atoms with van der Waals surface area (Å²) in [5.41, 5.74) is 2.19. The second-order valence-electron chi connectivity index (χ2n) is 6.39. The fourth-order valence-electron chi connectivity index (χ4n) is 3.11. The van der Waals surface area contributed by atoms with Crippen LogP contribution < -0.4 is 10.1 Å². The Morgan fingerprint density at radius 2 is 1.80 bits per heavy atom. The molecule has 5 heteroatoms. The highest BCUT2D eigenvalue weighted by atomic mass is 35.5. The van der Waals surface area contributed by atoms with Gasteiger partial charge in [-0.3, -0.25) is 0 Å². The number of ether oxygens (including phenoxy) is 1. The highest BCUT2D eigenvalue weighted by Crippen LogP contribution is 2.23. The molecule has 2 nitrogen and oxygen atoms in total. The third-order valence-electron chi connectivity index (χ3n) is 4.51. The van der Waals surface area contributed by atoms with Gasteiger partial charge in [0.25, 0.3) is 0 Å². The van der Waals surface area contributed by atoms with E-state index in [1.54, 1.807) is 6.07 Å². The quantitative estimate of drug-likeness (QED) is 0.604. The van der Waals surface area contributed by atoms with E-state index in [1.165, 1.54) is 37.7 Å². The van der Waals surface area contributed by atoms with Crippen molar-refractivity contribution in [3.05, 3.63) is 63.6 Å². The van der Waals surface area contributed by atoms with E-state index in [1.807, 2.05) is 24.3 Å². The van der Waals surface area contributed by atoms with Crippen molar-refractivity contribution in [1.29, 1.82) is 0 Å². The van der Waals surface area contributed by atoms with Crippen LogP contribution in [-0.2, 0) is 13.2 Å². The average molecular weight is 401 g/mol. The molecule has 1 aliphatic carbocycles. The lowest BCUT2D eigenvalue weighted by atomic mass is 9.95. The van der Waals surface area contributed by atoms with Gasteiger partial charge in [0.1, 0.15) is 12.4 Å². The van der Waals surface area contributed by atoms with Gasteiger partial charge in [-0.05, 0) is 42.7 Å². The minimum absolute atomic E-state index is 0. The van der Waals surface area contributed by atoms with Gasteiger partial charge in [0.15, 0.2) is 0 Å². The third-order valence-corrected chi connectivity index (χ3v) is 5.09. The molecule has 0 bridgehead atoms. The first-order chi connectivity index (χ1) is 11.7. The second-order valence-corrected chi connectivity index (χ2v) is 7.23. The highest BCUT2D eigenvalue weighted by Gasteiger charge is 2.12. The van der Waals surface area contributed by atoms with Crippen LogP contribution in [0.5, 0.6) is 5.75 Å². The van der Waals surface area contributed by atoms with Crippen molar-refractivity contribution in [1.82, 2.24) is 5.32 Å². The molecule has 0 unspecified atom stereocenters. The molecule has 1 aliphatic rings. The molecule has 3 rings (SSSR count). The van der Waals surface area contributed by atoms with Crippen molar-refractivity contribution in [2.75, 3.05) is 0 Å². The van der Waals surface area contributed by atoms with Crippen LogP contribution in [0.25, 0.3) is 0 Å². The summed E-state index contributed by atoms with van der Waals surface area (Å²) in [4.78, 5) is 0. The van der Waals surface area contributed by atoms with E-state index >= 15 is 0 Å². The first-order valence-corrected chi connectivity index (χ1v) is 9.35. The number of benzene rings is 2. The van der Waals surface area contributed by atoms with Crippen LogP contribution in [0.4, 0.5) is 0 Å². The Morgan fingerprint density at radius 3 is 2.56 bits per heavy atom. The van der Waals surface area contributed by atoms with Gasteiger partial charge in [0, 0.05) is 28.2 Å². The minimum Gasteiger partial charge on any atom is -0.489 e. The minimum atomic E-state index is 0. The molecule has 2 aromatic rings. The van der Waals surface area contributed by atoms with E-state index in [-0.39, 0.29) is 12.4 Å². The zero-order chi connectivity index (χ0) is 16.8.